The first-order valence-electron chi connectivity index (χ1n) is 8.91. The molecule has 1 atom stereocenters. The van der Waals surface area contributed by atoms with Crippen molar-refractivity contribution in [2.45, 2.75) is 25.8 Å². The smallest absolute Gasteiger partial charge is 0.188 e. The Bertz CT molecular complexity index is 830. The van der Waals surface area contributed by atoms with Gasteiger partial charge in [-0.15, -0.1) is 11.3 Å². The standard InChI is InChI=1S/C18H23N7S/c1-24-10-16(22-13-24)11-25-5-2-3-14(9-25)7-15-8-17(21-12-20-15)23-18-19-4-6-26-18/h4,6,8,10,12-14H,2-3,5,7,9,11H2,1H3,(H,19,20,21,23)/t14-/m0/s1. The number of rotatable bonds is 6. The lowest BCUT2D eigenvalue weighted by Crippen LogP contribution is -2.35. The molecule has 26 heavy (non-hydrogen) atoms. The number of piperidine rings is 1. The fraction of sp³-hybridized carbons (Fsp3) is 0.444. The van der Waals surface area contributed by atoms with Crippen molar-refractivity contribution >= 4 is 22.3 Å². The van der Waals surface area contributed by atoms with Crippen LogP contribution in [0.15, 0.2) is 36.5 Å². The molecule has 0 amide bonds. The Morgan fingerprint density at radius 2 is 2.19 bits per heavy atom. The molecule has 7 nitrogen and oxygen atoms in total. The Hall–Kier alpha value is -2.32. The molecule has 0 unspecified atom stereocenters. The molecule has 1 N–H and O–H groups in total. The van der Waals surface area contributed by atoms with Gasteiger partial charge in [-0.25, -0.2) is 19.9 Å². The zero-order valence-electron chi connectivity index (χ0n) is 14.9. The summed E-state index contributed by atoms with van der Waals surface area (Å²) in [5.41, 5.74) is 2.23. The molecule has 8 heteroatoms. The van der Waals surface area contributed by atoms with E-state index in [4.69, 9.17) is 0 Å². The zero-order valence-corrected chi connectivity index (χ0v) is 15.7. The number of thiazole rings is 1. The first kappa shape index (κ1) is 17.1. The molecule has 0 aliphatic carbocycles. The number of anilines is 2. The van der Waals surface area contributed by atoms with E-state index in [1.165, 1.54) is 12.8 Å². The van der Waals surface area contributed by atoms with Gasteiger partial charge in [0.05, 0.1) is 12.0 Å². The molecule has 3 aromatic heterocycles. The third kappa shape index (κ3) is 4.44. The lowest BCUT2D eigenvalue weighted by atomic mass is 9.93. The Labute approximate surface area is 157 Å². The van der Waals surface area contributed by atoms with E-state index in [2.05, 4.69) is 36.3 Å². The fourth-order valence-corrected chi connectivity index (χ4v) is 4.04. The number of hydrogen-bond acceptors (Lipinski definition) is 7. The van der Waals surface area contributed by atoms with E-state index in [9.17, 15) is 0 Å². The van der Waals surface area contributed by atoms with Crippen LogP contribution in [0.25, 0.3) is 0 Å². The number of likely N-dealkylation sites (tertiary alicyclic amines) is 1. The Balaban J connectivity index is 1.35. The van der Waals surface area contributed by atoms with E-state index < -0.39 is 0 Å². The average molecular weight is 369 g/mol. The van der Waals surface area contributed by atoms with Gasteiger partial charge in [0.25, 0.3) is 0 Å². The average Bonchev–Trinajstić information content (AvgIpc) is 3.27. The molecule has 136 valence electrons. The first-order valence-corrected chi connectivity index (χ1v) is 9.79. The number of nitrogens with one attached hydrogen (secondary N) is 1. The highest BCUT2D eigenvalue weighted by Gasteiger charge is 2.21. The van der Waals surface area contributed by atoms with E-state index in [-0.39, 0.29) is 0 Å². The summed E-state index contributed by atoms with van der Waals surface area (Å²) in [6.07, 6.45) is 10.9. The lowest BCUT2D eigenvalue weighted by molar-refractivity contribution is 0.165. The summed E-state index contributed by atoms with van der Waals surface area (Å²) in [6, 6.07) is 2.04. The molecule has 3 aromatic rings. The highest BCUT2D eigenvalue weighted by atomic mass is 32.1. The number of aromatic nitrogens is 5. The Kier molecular flexibility index (Phi) is 5.21. The van der Waals surface area contributed by atoms with Crippen LogP contribution in [0.3, 0.4) is 0 Å². The molecule has 0 aromatic carbocycles. The minimum absolute atomic E-state index is 0.620. The monoisotopic (exact) mass is 369 g/mol. The van der Waals surface area contributed by atoms with Crippen molar-refractivity contribution in [3.63, 3.8) is 0 Å². The van der Waals surface area contributed by atoms with Crippen molar-refractivity contribution in [3.8, 4) is 0 Å². The summed E-state index contributed by atoms with van der Waals surface area (Å²) in [5.74, 6) is 1.43. The van der Waals surface area contributed by atoms with E-state index in [0.29, 0.717) is 5.92 Å². The fourth-order valence-electron chi connectivity index (χ4n) is 3.51. The Morgan fingerprint density at radius 1 is 1.23 bits per heavy atom. The van der Waals surface area contributed by atoms with Gasteiger partial charge in [0, 0.05) is 49.7 Å². The van der Waals surface area contributed by atoms with Crippen LogP contribution in [-0.2, 0) is 20.0 Å². The topological polar surface area (TPSA) is 71.8 Å². The molecule has 0 saturated carbocycles. The van der Waals surface area contributed by atoms with Crippen LogP contribution in [-0.4, -0.2) is 42.5 Å². The molecule has 4 rings (SSSR count). The van der Waals surface area contributed by atoms with Gasteiger partial charge in [0.15, 0.2) is 5.13 Å². The third-order valence-electron chi connectivity index (χ3n) is 4.64. The van der Waals surface area contributed by atoms with Crippen LogP contribution in [0.1, 0.15) is 24.2 Å². The van der Waals surface area contributed by atoms with E-state index in [0.717, 1.165) is 48.4 Å². The molecular weight excluding hydrogens is 346 g/mol. The minimum Gasteiger partial charge on any atom is -0.340 e. The molecule has 1 aliphatic rings. The third-order valence-corrected chi connectivity index (χ3v) is 5.32. The van der Waals surface area contributed by atoms with Crippen molar-refractivity contribution in [2.24, 2.45) is 13.0 Å². The lowest BCUT2D eigenvalue weighted by Gasteiger charge is -2.32. The summed E-state index contributed by atoms with van der Waals surface area (Å²) in [4.78, 5) is 20.0. The van der Waals surface area contributed by atoms with Gasteiger partial charge in [-0.1, -0.05) is 0 Å². The maximum atomic E-state index is 4.47. The molecule has 0 radical (unpaired) electrons. The zero-order chi connectivity index (χ0) is 17.8. The molecule has 0 spiro atoms. The van der Waals surface area contributed by atoms with Crippen LogP contribution < -0.4 is 5.32 Å². The molecule has 0 bridgehead atoms. The summed E-state index contributed by atoms with van der Waals surface area (Å²) in [7, 11) is 2.02. The summed E-state index contributed by atoms with van der Waals surface area (Å²) >= 11 is 1.57. The van der Waals surface area contributed by atoms with Gasteiger partial charge < -0.3 is 9.88 Å². The second kappa shape index (κ2) is 7.92. The second-order valence-electron chi connectivity index (χ2n) is 6.83. The van der Waals surface area contributed by atoms with E-state index in [1.807, 2.05) is 29.4 Å². The van der Waals surface area contributed by atoms with E-state index >= 15 is 0 Å². The quantitative estimate of drug-likeness (QED) is 0.720. The van der Waals surface area contributed by atoms with Crippen molar-refractivity contribution in [3.05, 3.63) is 47.9 Å². The van der Waals surface area contributed by atoms with Crippen molar-refractivity contribution < 1.29 is 0 Å². The predicted molar refractivity (Wildman–Crippen MR) is 102 cm³/mol. The molecular formula is C18H23N7S. The van der Waals surface area contributed by atoms with Gasteiger partial charge in [-0.05, 0) is 31.7 Å². The Morgan fingerprint density at radius 3 is 3.00 bits per heavy atom. The van der Waals surface area contributed by atoms with Gasteiger partial charge in [0.2, 0.25) is 0 Å². The van der Waals surface area contributed by atoms with Gasteiger partial charge in [-0.3, -0.25) is 4.90 Å². The van der Waals surface area contributed by atoms with Crippen molar-refractivity contribution in [1.29, 1.82) is 0 Å². The SMILES string of the molecule is Cn1cnc(CN2CCC[C@@H](Cc3cc(Nc4nccs4)ncn3)C2)c1. The summed E-state index contributed by atoms with van der Waals surface area (Å²) < 4.78 is 2.01. The number of nitrogens with zero attached hydrogens (tertiary/aromatic N) is 6. The number of imidazole rings is 1. The highest BCUT2D eigenvalue weighted by Crippen LogP contribution is 2.23. The van der Waals surface area contributed by atoms with Crippen LogP contribution >= 0.6 is 11.3 Å². The number of aryl methyl sites for hydroxylation is 1. The van der Waals surface area contributed by atoms with Crippen LogP contribution in [0.2, 0.25) is 0 Å². The van der Waals surface area contributed by atoms with Gasteiger partial charge in [-0.2, -0.15) is 0 Å². The molecule has 1 fully saturated rings. The molecule has 1 aliphatic heterocycles. The molecule has 4 heterocycles. The van der Waals surface area contributed by atoms with E-state index in [1.54, 1.807) is 23.9 Å². The van der Waals surface area contributed by atoms with Crippen LogP contribution in [0, 0.1) is 5.92 Å². The van der Waals surface area contributed by atoms with Crippen LogP contribution in [0.5, 0.6) is 0 Å². The largest absolute Gasteiger partial charge is 0.340 e. The summed E-state index contributed by atoms with van der Waals surface area (Å²) in [6.45, 7) is 3.17. The van der Waals surface area contributed by atoms with Crippen LogP contribution in [0.4, 0.5) is 10.9 Å². The first-order chi connectivity index (χ1) is 12.7. The number of hydrogen-bond donors (Lipinski definition) is 1. The maximum absolute atomic E-state index is 4.47. The normalized spacial score (nSPS) is 18.1. The highest BCUT2D eigenvalue weighted by molar-refractivity contribution is 7.13. The predicted octanol–water partition coefficient (Wildman–Crippen LogP) is 2.86. The van der Waals surface area contributed by atoms with Crippen molar-refractivity contribution in [1.82, 2.24) is 29.4 Å². The summed E-state index contributed by atoms with van der Waals surface area (Å²) in [5, 5.41) is 6.04. The maximum Gasteiger partial charge on any atom is 0.188 e. The minimum atomic E-state index is 0.620. The second-order valence-corrected chi connectivity index (χ2v) is 7.73. The van der Waals surface area contributed by atoms with Gasteiger partial charge in [0.1, 0.15) is 12.1 Å². The molecule has 1 saturated heterocycles. The van der Waals surface area contributed by atoms with Gasteiger partial charge >= 0.3 is 0 Å². The van der Waals surface area contributed by atoms with Crippen molar-refractivity contribution in [2.75, 3.05) is 18.4 Å².